The zero-order valence-electron chi connectivity index (χ0n) is 19.5. The van der Waals surface area contributed by atoms with Crippen molar-refractivity contribution in [3.05, 3.63) is 63.7 Å². The Labute approximate surface area is 190 Å². The third-order valence-electron chi connectivity index (χ3n) is 5.25. The maximum absolute atomic E-state index is 13.0. The van der Waals surface area contributed by atoms with Gasteiger partial charge in [-0.1, -0.05) is 71.3 Å². The number of carbonyl (C=O) groups excluding carboxylic acids is 2. The smallest absolute Gasteiger partial charge is 0.343 e. The highest BCUT2D eigenvalue weighted by atomic mass is 35.5. The number of esters is 2. The summed E-state index contributed by atoms with van der Waals surface area (Å²) in [5, 5.41) is 0.459. The van der Waals surface area contributed by atoms with E-state index >= 15 is 0 Å². The van der Waals surface area contributed by atoms with Crippen LogP contribution in [0.25, 0.3) is 0 Å². The van der Waals surface area contributed by atoms with Crippen molar-refractivity contribution in [3.63, 3.8) is 0 Å². The second-order valence-electron chi connectivity index (χ2n) is 8.71. The zero-order chi connectivity index (χ0) is 23.3. The van der Waals surface area contributed by atoms with Gasteiger partial charge in [-0.25, -0.2) is 4.79 Å². The Kier molecular flexibility index (Phi) is 8.69. The van der Waals surface area contributed by atoms with Crippen LogP contribution in [0.15, 0.2) is 36.4 Å². The van der Waals surface area contributed by atoms with E-state index in [-0.39, 0.29) is 23.7 Å². The van der Waals surface area contributed by atoms with Crippen LogP contribution in [-0.2, 0) is 9.53 Å². The Morgan fingerprint density at radius 3 is 2.10 bits per heavy atom. The van der Waals surface area contributed by atoms with Gasteiger partial charge in [0.15, 0.2) is 0 Å². The van der Waals surface area contributed by atoms with Crippen LogP contribution in [-0.4, -0.2) is 18.5 Å². The molecule has 0 saturated heterocycles. The van der Waals surface area contributed by atoms with Crippen LogP contribution in [0.3, 0.4) is 0 Å². The summed E-state index contributed by atoms with van der Waals surface area (Å²) in [5.41, 5.74) is 3.04. The maximum Gasteiger partial charge on any atom is 0.343 e. The lowest BCUT2D eigenvalue weighted by Gasteiger charge is -2.26. The van der Waals surface area contributed by atoms with E-state index < -0.39 is 11.9 Å². The summed E-state index contributed by atoms with van der Waals surface area (Å²) in [6.07, 6.45) is 0. The van der Waals surface area contributed by atoms with Crippen LogP contribution in [0.2, 0.25) is 5.02 Å². The number of carbonyl (C=O) groups is 2. The minimum atomic E-state index is -0.543. The van der Waals surface area contributed by atoms with Gasteiger partial charge in [0.2, 0.25) is 0 Å². The van der Waals surface area contributed by atoms with Gasteiger partial charge in [0.05, 0.1) is 18.1 Å². The topological polar surface area (TPSA) is 52.6 Å². The van der Waals surface area contributed by atoms with Crippen molar-refractivity contribution in [1.29, 1.82) is 0 Å². The Hall–Kier alpha value is -2.33. The highest BCUT2D eigenvalue weighted by Crippen LogP contribution is 2.41. The quantitative estimate of drug-likeness (QED) is 0.321. The summed E-state index contributed by atoms with van der Waals surface area (Å²) in [5.74, 6) is -0.611. The molecule has 0 aliphatic carbocycles. The van der Waals surface area contributed by atoms with Crippen molar-refractivity contribution in [2.75, 3.05) is 6.61 Å². The lowest BCUT2D eigenvalue weighted by Crippen LogP contribution is -2.23. The zero-order valence-corrected chi connectivity index (χ0v) is 20.2. The predicted molar refractivity (Wildman–Crippen MR) is 125 cm³/mol. The molecule has 31 heavy (non-hydrogen) atoms. The average Bonchev–Trinajstić information content (AvgIpc) is 2.68. The molecule has 2 rings (SSSR count). The van der Waals surface area contributed by atoms with Gasteiger partial charge in [-0.2, -0.15) is 0 Å². The number of halogens is 1. The standard InChI is InChI=1S/C26H33ClO4/c1-8-30-26(29)23(17(6)7)22-14-19(15(2)3)13-21(16(4)5)24(22)31-25(28)18-10-9-11-20(27)12-18/h9-17,23H,8H2,1-7H3. The molecular weight excluding hydrogens is 412 g/mol. The first-order chi connectivity index (χ1) is 14.6. The maximum atomic E-state index is 13.0. The van der Waals surface area contributed by atoms with Gasteiger partial charge in [0.1, 0.15) is 5.75 Å². The van der Waals surface area contributed by atoms with E-state index in [4.69, 9.17) is 21.1 Å². The number of benzene rings is 2. The molecule has 0 N–H and O–H groups in total. The molecule has 0 aliphatic heterocycles. The molecule has 0 heterocycles. The van der Waals surface area contributed by atoms with Crippen LogP contribution in [0.1, 0.15) is 93.3 Å². The van der Waals surface area contributed by atoms with Gasteiger partial charge in [-0.3, -0.25) is 4.79 Å². The van der Waals surface area contributed by atoms with Crippen molar-refractivity contribution < 1.29 is 19.1 Å². The van der Waals surface area contributed by atoms with Crippen LogP contribution in [0.5, 0.6) is 5.75 Å². The number of hydrogen-bond donors (Lipinski definition) is 0. The summed E-state index contributed by atoms with van der Waals surface area (Å²) in [7, 11) is 0. The second kappa shape index (κ2) is 10.8. The fourth-order valence-electron chi connectivity index (χ4n) is 3.57. The molecule has 5 heteroatoms. The van der Waals surface area contributed by atoms with Crippen LogP contribution in [0, 0.1) is 5.92 Å². The molecule has 1 atom stereocenters. The highest BCUT2D eigenvalue weighted by Gasteiger charge is 2.32. The van der Waals surface area contributed by atoms with Gasteiger partial charge in [-0.05, 0) is 54.0 Å². The Bertz CT molecular complexity index is 931. The lowest BCUT2D eigenvalue weighted by atomic mass is 9.82. The van der Waals surface area contributed by atoms with Crippen molar-refractivity contribution in [2.24, 2.45) is 5.92 Å². The summed E-state index contributed by atoms with van der Waals surface area (Å²) in [4.78, 5) is 25.9. The van der Waals surface area contributed by atoms with E-state index in [1.54, 1.807) is 31.2 Å². The molecule has 0 radical (unpaired) electrons. The summed E-state index contributed by atoms with van der Waals surface area (Å²) in [6, 6.07) is 10.7. The summed E-state index contributed by atoms with van der Waals surface area (Å²) in [6.45, 7) is 14.3. The SMILES string of the molecule is CCOC(=O)C(c1cc(C(C)C)cc(C(C)C)c1OC(=O)c1cccc(Cl)c1)C(C)C. The fraction of sp³-hybridized carbons (Fsp3) is 0.462. The molecule has 0 saturated carbocycles. The van der Waals surface area contributed by atoms with Crippen molar-refractivity contribution >= 4 is 23.5 Å². The van der Waals surface area contributed by atoms with Gasteiger partial charge in [0.25, 0.3) is 0 Å². The Morgan fingerprint density at radius 2 is 1.58 bits per heavy atom. The molecular formula is C26H33ClO4. The van der Waals surface area contributed by atoms with Crippen LogP contribution >= 0.6 is 11.6 Å². The normalized spacial score (nSPS) is 12.4. The van der Waals surface area contributed by atoms with Crippen molar-refractivity contribution in [3.8, 4) is 5.75 Å². The summed E-state index contributed by atoms with van der Waals surface area (Å²) < 4.78 is 11.4. The second-order valence-corrected chi connectivity index (χ2v) is 9.15. The van der Waals surface area contributed by atoms with E-state index in [1.807, 2.05) is 19.9 Å². The highest BCUT2D eigenvalue weighted by molar-refractivity contribution is 6.30. The molecule has 0 spiro atoms. The third kappa shape index (κ3) is 6.10. The third-order valence-corrected chi connectivity index (χ3v) is 5.49. The largest absolute Gasteiger partial charge is 0.466 e. The van der Waals surface area contributed by atoms with E-state index in [1.165, 1.54) is 0 Å². The molecule has 0 fully saturated rings. The first kappa shape index (κ1) is 24.9. The first-order valence-electron chi connectivity index (χ1n) is 10.9. The van der Waals surface area contributed by atoms with E-state index in [0.29, 0.717) is 28.5 Å². The van der Waals surface area contributed by atoms with E-state index in [9.17, 15) is 9.59 Å². The van der Waals surface area contributed by atoms with Gasteiger partial charge >= 0.3 is 11.9 Å². The lowest BCUT2D eigenvalue weighted by molar-refractivity contribution is -0.146. The average molecular weight is 445 g/mol. The molecule has 2 aromatic carbocycles. The minimum Gasteiger partial charge on any atom is -0.466 e. The van der Waals surface area contributed by atoms with E-state index in [2.05, 4.69) is 33.8 Å². The number of ether oxygens (including phenoxy) is 2. The predicted octanol–water partition coefficient (Wildman–Crippen LogP) is 7.11. The number of rotatable bonds is 8. The summed E-state index contributed by atoms with van der Waals surface area (Å²) >= 11 is 6.06. The monoisotopic (exact) mass is 444 g/mol. The molecule has 0 aromatic heterocycles. The molecule has 1 unspecified atom stereocenters. The molecule has 0 amide bonds. The first-order valence-corrected chi connectivity index (χ1v) is 11.3. The molecule has 0 bridgehead atoms. The minimum absolute atomic E-state index is 0.0369. The van der Waals surface area contributed by atoms with Gasteiger partial charge in [-0.15, -0.1) is 0 Å². The molecule has 168 valence electrons. The molecule has 2 aromatic rings. The van der Waals surface area contributed by atoms with Gasteiger partial charge < -0.3 is 9.47 Å². The Morgan fingerprint density at radius 1 is 0.935 bits per heavy atom. The van der Waals surface area contributed by atoms with Crippen molar-refractivity contribution in [2.45, 2.75) is 66.2 Å². The van der Waals surface area contributed by atoms with Gasteiger partial charge in [0, 0.05) is 10.6 Å². The fourth-order valence-corrected chi connectivity index (χ4v) is 3.76. The van der Waals surface area contributed by atoms with Crippen LogP contribution < -0.4 is 4.74 Å². The number of hydrogen-bond acceptors (Lipinski definition) is 4. The van der Waals surface area contributed by atoms with Crippen LogP contribution in [0.4, 0.5) is 0 Å². The molecule has 4 nitrogen and oxygen atoms in total. The molecule has 0 aliphatic rings. The van der Waals surface area contributed by atoms with Crippen molar-refractivity contribution in [1.82, 2.24) is 0 Å². The van der Waals surface area contributed by atoms with E-state index in [0.717, 1.165) is 11.1 Å². The Balaban J connectivity index is 2.70.